The zero-order valence-electron chi connectivity index (χ0n) is 11.6. The maximum Gasteiger partial charge on any atom is 0.223 e. The molecule has 0 aliphatic rings. The molecule has 0 radical (unpaired) electrons. The molecule has 1 rings (SSSR count). The third kappa shape index (κ3) is 4.42. The summed E-state index contributed by atoms with van der Waals surface area (Å²) in [4.78, 5) is 13.1. The van der Waals surface area contributed by atoms with E-state index < -0.39 is 5.60 Å². The highest BCUT2D eigenvalue weighted by molar-refractivity contribution is 7.09. The van der Waals surface area contributed by atoms with E-state index in [1.165, 1.54) is 4.88 Å². The Bertz CT molecular complexity index is 371. The molecule has 1 aromatic heterocycles. The lowest BCUT2D eigenvalue weighted by atomic mass is 9.92. The Morgan fingerprint density at radius 1 is 1.50 bits per heavy atom. The minimum absolute atomic E-state index is 0.00400. The summed E-state index contributed by atoms with van der Waals surface area (Å²) in [5.41, 5.74) is -0.849. The van der Waals surface area contributed by atoms with Crippen molar-refractivity contribution in [1.82, 2.24) is 5.32 Å². The van der Waals surface area contributed by atoms with Crippen molar-refractivity contribution in [1.29, 1.82) is 0 Å². The predicted molar refractivity (Wildman–Crippen MR) is 75.7 cm³/mol. The third-order valence-corrected chi connectivity index (χ3v) is 4.30. The average Bonchev–Trinajstić information content (AvgIpc) is 2.78. The van der Waals surface area contributed by atoms with Crippen LogP contribution in [0.4, 0.5) is 0 Å². The summed E-state index contributed by atoms with van der Waals surface area (Å²) in [6.45, 7) is 7.86. The number of aliphatic hydroxyl groups is 1. The molecule has 102 valence electrons. The van der Waals surface area contributed by atoms with Gasteiger partial charge in [-0.2, -0.15) is 0 Å². The zero-order chi connectivity index (χ0) is 13.8. The Morgan fingerprint density at radius 3 is 2.67 bits per heavy atom. The van der Waals surface area contributed by atoms with Crippen LogP contribution < -0.4 is 5.32 Å². The quantitative estimate of drug-likeness (QED) is 0.833. The Kier molecular flexibility index (Phi) is 5.35. The van der Waals surface area contributed by atoms with Gasteiger partial charge >= 0.3 is 0 Å². The molecule has 0 aromatic carbocycles. The highest BCUT2D eigenvalue weighted by Crippen LogP contribution is 2.16. The first kappa shape index (κ1) is 15.2. The van der Waals surface area contributed by atoms with Crippen LogP contribution in [0.5, 0.6) is 0 Å². The zero-order valence-corrected chi connectivity index (χ0v) is 12.4. The maximum absolute atomic E-state index is 11.9. The van der Waals surface area contributed by atoms with Crippen LogP contribution in [-0.2, 0) is 11.2 Å². The van der Waals surface area contributed by atoms with E-state index in [9.17, 15) is 9.90 Å². The molecule has 1 amide bonds. The van der Waals surface area contributed by atoms with Crippen LogP contribution in [0.2, 0.25) is 0 Å². The molecule has 0 fully saturated rings. The van der Waals surface area contributed by atoms with E-state index in [-0.39, 0.29) is 17.7 Å². The summed E-state index contributed by atoms with van der Waals surface area (Å²) in [5, 5.41) is 14.9. The van der Waals surface area contributed by atoms with E-state index in [1.54, 1.807) is 18.3 Å². The summed E-state index contributed by atoms with van der Waals surface area (Å²) in [5.74, 6) is 0.0568. The van der Waals surface area contributed by atoms with E-state index in [2.05, 4.69) is 5.32 Å². The van der Waals surface area contributed by atoms with Crippen molar-refractivity contribution in [2.75, 3.05) is 6.54 Å². The average molecular weight is 269 g/mol. The molecule has 0 bridgehead atoms. The number of thiophene rings is 1. The normalized spacial score (nSPS) is 16.3. The van der Waals surface area contributed by atoms with Gasteiger partial charge in [0.2, 0.25) is 5.91 Å². The number of carbonyl (C=O) groups is 1. The van der Waals surface area contributed by atoms with Crippen molar-refractivity contribution in [3.05, 3.63) is 22.4 Å². The topological polar surface area (TPSA) is 49.3 Å². The Morgan fingerprint density at radius 2 is 2.17 bits per heavy atom. The fourth-order valence-corrected chi connectivity index (χ4v) is 2.30. The highest BCUT2D eigenvalue weighted by Gasteiger charge is 2.26. The lowest BCUT2D eigenvalue weighted by Gasteiger charge is -2.28. The van der Waals surface area contributed by atoms with Crippen molar-refractivity contribution >= 4 is 17.2 Å². The number of rotatable bonds is 6. The van der Waals surface area contributed by atoms with Crippen LogP contribution in [0.15, 0.2) is 17.5 Å². The molecule has 0 aliphatic heterocycles. The minimum Gasteiger partial charge on any atom is -0.388 e. The predicted octanol–water partition coefficient (Wildman–Crippen LogP) is 2.45. The second-order valence-corrected chi connectivity index (χ2v) is 6.45. The molecule has 18 heavy (non-hydrogen) atoms. The Labute approximate surface area is 113 Å². The lowest BCUT2D eigenvalue weighted by molar-refractivity contribution is -0.126. The summed E-state index contributed by atoms with van der Waals surface area (Å²) in [7, 11) is 0. The van der Waals surface area contributed by atoms with Gasteiger partial charge in [0.25, 0.3) is 0 Å². The Hall–Kier alpha value is -0.870. The van der Waals surface area contributed by atoms with E-state index in [0.717, 1.165) is 6.42 Å². The van der Waals surface area contributed by atoms with Crippen LogP contribution in [0.25, 0.3) is 0 Å². The SMILES string of the molecule is CC(Cc1cccs1)C(=O)NCC(C)(O)C(C)C. The van der Waals surface area contributed by atoms with Gasteiger partial charge in [-0.1, -0.05) is 26.8 Å². The number of hydrogen-bond acceptors (Lipinski definition) is 3. The number of nitrogens with one attached hydrogen (secondary N) is 1. The first-order chi connectivity index (χ1) is 8.33. The Balaban J connectivity index is 2.41. The smallest absolute Gasteiger partial charge is 0.223 e. The van der Waals surface area contributed by atoms with Gasteiger partial charge in [0.1, 0.15) is 0 Å². The molecule has 2 unspecified atom stereocenters. The molecule has 4 heteroatoms. The van der Waals surface area contributed by atoms with Crippen molar-refractivity contribution in [2.24, 2.45) is 11.8 Å². The van der Waals surface area contributed by atoms with Gasteiger partial charge in [0, 0.05) is 17.3 Å². The number of hydrogen-bond donors (Lipinski definition) is 2. The van der Waals surface area contributed by atoms with Crippen LogP contribution in [-0.4, -0.2) is 23.2 Å². The second-order valence-electron chi connectivity index (χ2n) is 5.41. The van der Waals surface area contributed by atoms with Crippen LogP contribution in [0.3, 0.4) is 0 Å². The fraction of sp³-hybridized carbons (Fsp3) is 0.643. The molecule has 0 spiro atoms. The third-order valence-electron chi connectivity index (χ3n) is 3.40. The molecule has 2 atom stereocenters. The largest absolute Gasteiger partial charge is 0.388 e. The first-order valence-electron chi connectivity index (χ1n) is 6.35. The van der Waals surface area contributed by atoms with E-state index in [1.807, 2.05) is 38.3 Å². The van der Waals surface area contributed by atoms with Crippen LogP contribution in [0.1, 0.15) is 32.6 Å². The standard InChI is InChI=1S/C14H23NO2S/c1-10(2)14(4,17)9-15-13(16)11(3)8-12-6-5-7-18-12/h5-7,10-11,17H,8-9H2,1-4H3,(H,15,16). The lowest BCUT2D eigenvalue weighted by Crippen LogP contribution is -2.45. The summed E-state index contributed by atoms with van der Waals surface area (Å²) in [6, 6.07) is 4.03. The first-order valence-corrected chi connectivity index (χ1v) is 7.23. The molecule has 0 saturated heterocycles. The fourth-order valence-electron chi connectivity index (χ4n) is 1.47. The van der Waals surface area contributed by atoms with Crippen LogP contribution >= 0.6 is 11.3 Å². The molecule has 1 aromatic rings. The molecule has 3 nitrogen and oxygen atoms in total. The van der Waals surface area contributed by atoms with Crippen LogP contribution in [0, 0.1) is 11.8 Å². The van der Waals surface area contributed by atoms with Gasteiger partial charge < -0.3 is 10.4 Å². The summed E-state index contributed by atoms with van der Waals surface area (Å²) >= 11 is 1.67. The monoisotopic (exact) mass is 269 g/mol. The number of carbonyl (C=O) groups excluding carboxylic acids is 1. The molecule has 2 N–H and O–H groups in total. The van der Waals surface area contributed by atoms with Crippen molar-refractivity contribution < 1.29 is 9.90 Å². The maximum atomic E-state index is 11.9. The molecule has 0 aliphatic carbocycles. The second kappa shape index (κ2) is 6.34. The minimum atomic E-state index is -0.849. The summed E-state index contributed by atoms with van der Waals surface area (Å²) < 4.78 is 0. The van der Waals surface area contributed by atoms with Gasteiger partial charge in [0.15, 0.2) is 0 Å². The van der Waals surface area contributed by atoms with E-state index in [4.69, 9.17) is 0 Å². The van der Waals surface area contributed by atoms with E-state index >= 15 is 0 Å². The van der Waals surface area contributed by atoms with Gasteiger partial charge in [-0.25, -0.2) is 0 Å². The van der Waals surface area contributed by atoms with E-state index in [0.29, 0.717) is 6.54 Å². The van der Waals surface area contributed by atoms with Gasteiger partial charge in [-0.05, 0) is 30.7 Å². The van der Waals surface area contributed by atoms with Gasteiger partial charge in [-0.3, -0.25) is 4.79 Å². The van der Waals surface area contributed by atoms with Gasteiger partial charge in [0.05, 0.1) is 5.60 Å². The highest BCUT2D eigenvalue weighted by atomic mass is 32.1. The molecule has 1 heterocycles. The summed E-state index contributed by atoms with van der Waals surface area (Å²) in [6.07, 6.45) is 0.757. The van der Waals surface area contributed by atoms with Gasteiger partial charge in [-0.15, -0.1) is 11.3 Å². The van der Waals surface area contributed by atoms with Crippen molar-refractivity contribution in [3.63, 3.8) is 0 Å². The number of amides is 1. The molecular weight excluding hydrogens is 246 g/mol. The molecular formula is C14H23NO2S. The van der Waals surface area contributed by atoms with Crippen molar-refractivity contribution in [2.45, 2.75) is 39.7 Å². The van der Waals surface area contributed by atoms with Crippen molar-refractivity contribution in [3.8, 4) is 0 Å². The molecule has 0 saturated carbocycles.